The molecule has 0 fully saturated rings. The van der Waals surface area contributed by atoms with Gasteiger partial charge in [0.15, 0.2) is 0 Å². The molecule has 0 aliphatic carbocycles. The summed E-state index contributed by atoms with van der Waals surface area (Å²) in [6.07, 6.45) is 0. The van der Waals surface area contributed by atoms with Gasteiger partial charge in [-0.2, -0.15) is 0 Å². The molecule has 0 aromatic heterocycles. The van der Waals surface area contributed by atoms with Gasteiger partial charge in [-0.3, -0.25) is 9.69 Å². The van der Waals surface area contributed by atoms with Crippen molar-refractivity contribution >= 4 is 11.9 Å². The van der Waals surface area contributed by atoms with Gasteiger partial charge < -0.3 is 15.0 Å². The number of nitrogens with zero attached hydrogens (tertiary/aromatic N) is 2. The molecule has 0 radical (unpaired) electrons. The predicted octanol–water partition coefficient (Wildman–Crippen LogP) is 2.05. The van der Waals surface area contributed by atoms with Gasteiger partial charge in [-0.1, -0.05) is 12.1 Å². The van der Waals surface area contributed by atoms with E-state index >= 15 is 0 Å². The van der Waals surface area contributed by atoms with Gasteiger partial charge in [-0.25, -0.2) is 4.79 Å². The fourth-order valence-electron chi connectivity index (χ4n) is 3.53. The van der Waals surface area contributed by atoms with Crippen molar-refractivity contribution in [2.75, 3.05) is 33.9 Å². The van der Waals surface area contributed by atoms with Crippen molar-refractivity contribution in [1.29, 1.82) is 0 Å². The van der Waals surface area contributed by atoms with Crippen LogP contribution in [0.3, 0.4) is 0 Å². The highest BCUT2D eigenvalue weighted by molar-refractivity contribution is 6.01. The van der Waals surface area contributed by atoms with Crippen LogP contribution in [0.1, 0.15) is 28.3 Å². The monoisotopic (exact) mass is 343 g/mol. The number of nitrogens with one attached hydrogen (secondary N) is 1. The summed E-state index contributed by atoms with van der Waals surface area (Å²) >= 11 is 0. The second-order valence-electron chi connectivity index (χ2n) is 6.81. The Bertz CT molecular complexity index is 769. The van der Waals surface area contributed by atoms with Gasteiger partial charge in [0.05, 0.1) is 30.5 Å². The van der Waals surface area contributed by atoms with Crippen molar-refractivity contribution in [2.24, 2.45) is 0 Å². The number of hydrogen-bond donors (Lipinski definition) is 1. The standard InChI is InChI=1S/C19H25N3O3/c1-11-8-13(3)14(9-12(11)2)17-16-15(21(4)19(24)20-17)10-22(18(16)23)6-7-25-5/h8-9,17H,6-7,10H2,1-5H3,(H,20,24)/t17-/m1/s1. The lowest BCUT2D eigenvalue weighted by molar-refractivity contribution is -0.126. The fraction of sp³-hybridized carbons (Fsp3) is 0.474. The van der Waals surface area contributed by atoms with Crippen LogP contribution in [0.4, 0.5) is 4.79 Å². The van der Waals surface area contributed by atoms with E-state index < -0.39 is 6.04 Å². The summed E-state index contributed by atoms with van der Waals surface area (Å²) in [5, 5.41) is 3.00. The molecule has 0 saturated carbocycles. The van der Waals surface area contributed by atoms with E-state index in [9.17, 15) is 9.59 Å². The van der Waals surface area contributed by atoms with E-state index in [1.807, 2.05) is 13.8 Å². The molecule has 25 heavy (non-hydrogen) atoms. The number of aryl methyl sites for hydroxylation is 3. The van der Waals surface area contributed by atoms with Crippen molar-refractivity contribution in [1.82, 2.24) is 15.1 Å². The summed E-state index contributed by atoms with van der Waals surface area (Å²) in [6, 6.07) is 3.61. The van der Waals surface area contributed by atoms with E-state index in [0.717, 1.165) is 22.4 Å². The van der Waals surface area contributed by atoms with Gasteiger partial charge >= 0.3 is 6.03 Å². The highest BCUT2D eigenvalue weighted by atomic mass is 16.5. The smallest absolute Gasteiger partial charge is 0.322 e. The van der Waals surface area contributed by atoms with Gasteiger partial charge in [-0.05, 0) is 43.0 Å². The first-order valence-corrected chi connectivity index (χ1v) is 8.48. The van der Waals surface area contributed by atoms with Crippen molar-refractivity contribution < 1.29 is 14.3 Å². The van der Waals surface area contributed by atoms with Crippen molar-refractivity contribution in [3.8, 4) is 0 Å². The molecule has 2 heterocycles. The number of carbonyl (C=O) groups excluding carboxylic acids is 2. The molecule has 0 spiro atoms. The topological polar surface area (TPSA) is 61.9 Å². The van der Waals surface area contributed by atoms with E-state index in [4.69, 9.17) is 4.74 Å². The molecule has 2 aliphatic rings. The second kappa shape index (κ2) is 6.52. The highest BCUT2D eigenvalue weighted by Gasteiger charge is 2.43. The molecule has 1 N–H and O–H groups in total. The summed E-state index contributed by atoms with van der Waals surface area (Å²) in [4.78, 5) is 28.7. The van der Waals surface area contributed by atoms with Crippen LogP contribution >= 0.6 is 0 Å². The number of benzene rings is 1. The summed E-state index contributed by atoms with van der Waals surface area (Å²) in [5.41, 5.74) is 5.87. The molecule has 3 amide bonds. The summed E-state index contributed by atoms with van der Waals surface area (Å²) in [6.45, 7) is 7.58. The van der Waals surface area contributed by atoms with E-state index in [1.165, 1.54) is 5.56 Å². The normalized spacial score (nSPS) is 20.3. The van der Waals surface area contributed by atoms with Crippen LogP contribution in [0.25, 0.3) is 0 Å². The summed E-state index contributed by atoms with van der Waals surface area (Å²) < 4.78 is 5.10. The van der Waals surface area contributed by atoms with Gasteiger partial charge in [0.25, 0.3) is 5.91 Å². The number of hydrogen-bond acceptors (Lipinski definition) is 3. The zero-order chi connectivity index (χ0) is 18.3. The Morgan fingerprint density at radius 1 is 1.16 bits per heavy atom. The first-order valence-electron chi connectivity index (χ1n) is 8.48. The summed E-state index contributed by atoms with van der Waals surface area (Å²) in [5.74, 6) is -0.0264. The highest BCUT2D eigenvalue weighted by Crippen LogP contribution is 2.37. The number of likely N-dealkylation sites (N-methyl/N-ethyl adjacent to an activating group) is 1. The maximum absolute atomic E-state index is 13.0. The van der Waals surface area contributed by atoms with Crippen molar-refractivity contribution in [3.63, 3.8) is 0 Å². The Balaban J connectivity index is 2.04. The molecular weight excluding hydrogens is 318 g/mol. The van der Waals surface area contributed by atoms with Crippen LogP contribution in [-0.2, 0) is 9.53 Å². The maximum Gasteiger partial charge on any atom is 0.322 e. The molecule has 2 aliphatic heterocycles. The van der Waals surface area contributed by atoms with Gasteiger partial charge in [0, 0.05) is 20.7 Å². The molecule has 0 bridgehead atoms. The Morgan fingerprint density at radius 2 is 1.84 bits per heavy atom. The Morgan fingerprint density at radius 3 is 2.52 bits per heavy atom. The molecule has 3 rings (SSSR count). The number of rotatable bonds is 4. The molecule has 1 aromatic carbocycles. The van der Waals surface area contributed by atoms with E-state index in [0.29, 0.717) is 25.3 Å². The van der Waals surface area contributed by atoms with Crippen LogP contribution in [0.15, 0.2) is 23.4 Å². The van der Waals surface area contributed by atoms with E-state index in [1.54, 1.807) is 24.0 Å². The molecule has 134 valence electrons. The number of carbonyl (C=O) groups is 2. The molecule has 1 aromatic rings. The number of ether oxygens (including phenoxy) is 1. The minimum atomic E-state index is -0.405. The quantitative estimate of drug-likeness (QED) is 0.910. The van der Waals surface area contributed by atoms with Crippen molar-refractivity contribution in [3.05, 3.63) is 45.7 Å². The molecule has 0 saturated heterocycles. The first-order chi connectivity index (χ1) is 11.8. The fourth-order valence-corrected chi connectivity index (χ4v) is 3.53. The number of amides is 3. The molecule has 1 atom stereocenters. The van der Waals surface area contributed by atoms with Gasteiger partial charge in [0.2, 0.25) is 0 Å². The lowest BCUT2D eigenvalue weighted by Gasteiger charge is -2.32. The Labute approximate surface area is 148 Å². The number of urea groups is 1. The van der Waals surface area contributed by atoms with Crippen LogP contribution in [0, 0.1) is 20.8 Å². The van der Waals surface area contributed by atoms with Crippen LogP contribution in [-0.4, -0.2) is 55.6 Å². The maximum atomic E-state index is 13.0. The third-order valence-electron chi connectivity index (χ3n) is 5.19. The number of methoxy groups -OCH3 is 1. The summed E-state index contributed by atoms with van der Waals surface area (Å²) in [7, 11) is 3.33. The second-order valence-corrected chi connectivity index (χ2v) is 6.81. The van der Waals surface area contributed by atoms with Crippen LogP contribution in [0.2, 0.25) is 0 Å². The third-order valence-corrected chi connectivity index (χ3v) is 5.19. The Hall–Kier alpha value is -2.34. The molecule has 6 nitrogen and oxygen atoms in total. The lowest BCUT2D eigenvalue weighted by atomic mass is 9.90. The van der Waals surface area contributed by atoms with E-state index in [-0.39, 0.29) is 11.9 Å². The minimum Gasteiger partial charge on any atom is -0.383 e. The van der Waals surface area contributed by atoms with Gasteiger partial charge in [0.1, 0.15) is 0 Å². The molecular formula is C19H25N3O3. The van der Waals surface area contributed by atoms with E-state index in [2.05, 4.69) is 24.4 Å². The third kappa shape index (κ3) is 2.91. The molecule has 0 unspecified atom stereocenters. The van der Waals surface area contributed by atoms with Crippen LogP contribution < -0.4 is 5.32 Å². The molecule has 6 heteroatoms. The average Bonchev–Trinajstić information content (AvgIpc) is 2.90. The largest absolute Gasteiger partial charge is 0.383 e. The SMILES string of the molecule is COCCN1CC2=C(C1=O)[C@@H](c1cc(C)c(C)cc1C)NC(=O)N2C. The average molecular weight is 343 g/mol. The van der Waals surface area contributed by atoms with Crippen molar-refractivity contribution in [2.45, 2.75) is 26.8 Å². The predicted molar refractivity (Wildman–Crippen MR) is 95.2 cm³/mol. The minimum absolute atomic E-state index is 0.0264. The lowest BCUT2D eigenvalue weighted by Crippen LogP contribution is -2.45. The Kier molecular flexibility index (Phi) is 4.56. The first kappa shape index (κ1) is 17.5. The zero-order valence-electron chi connectivity index (χ0n) is 15.5. The zero-order valence-corrected chi connectivity index (χ0v) is 15.5. The van der Waals surface area contributed by atoms with Gasteiger partial charge in [-0.15, -0.1) is 0 Å². The van der Waals surface area contributed by atoms with Crippen LogP contribution in [0.5, 0.6) is 0 Å².